The molecule has 1 aliphatic rings. The topological polar surface area (TPSA) is 210 Å². The van der Waals surface area contributed by atoms with E-state index >= 15 is 0 Å². The minimum absolute atomic E-state index is 0.0272. The number of unbranched alkanes of at least 4 members (excludes halogenated alkanes) is 17. The second-order valence-corrected chi connectivity index (χ2v) is 18.0. The number of carbonyl (C=O) groups excluding carboxylic acids is 2. The molecule has 0 radical (unpaired) electrons. The van der Waals surface area contributed by atoms with Crippen molar-refractivity contribution in [2.45, 2.75) is 224 Å². The van der Waals surface area contributed by atoms with Crippen LogP contribution in [0.1, 0.15) is 181 Å². The number of hydrogen-bond donors (Lipinski definition) is 6. The van der Waals surface area contributed by atoms with E-state index in [0.717, 1.165) is 44.9 Å². The molecule has 0 spiro atoms. The van der Waals surface area contributed by atoms with Crippen molar-refractivity contribution < 1.29 is 63.1 Å². The maximum absolute atomic E-state index is 12.8. The molecule has 0 aromatic rings. The molecule has 0 saturated heterocycles. The lowest BCUT2D eigenvalue weighted by Crippen LogP contribution is -2.64. The predicted octanol–water partition coefficient (Wildman–Crippen LogP) is 9.73. The van der Waals surface area contributed by atoms with E-state index in [1.807, 2.05) is 18.2 Å². The largest absolute Gasteiger partial charge is 0.472 e. The Morgan fingerprint density at radius 2 is 0.889 bits per heavy atom. The Hall–Kier alpha value is -2.45. The molecule has 1 rings (SSSR count). The van der Waals surface area contributed by atoms with Crippen LogP contribution in [0.15, 0.2) is 60.8 Å². The number of carbonyl (C=O) groups is 2. The summed E-state index contributed by atoms with van der Waals surface area (Å²) in [7, 11) is -5.14. The molecule has 1 saturated carbocycles. The number of allylic oxidation sites excluding steroid dienone is 10. The Balaban J connectivity index is 2.50. The maximum Gasteiger partial charge on any atom is 0.472 e. The summed E-state index contributed by atoms with van der Waals surface area (Å²) in [6.07, 6.45) is 34.3. The number of aliphatic hydroxyl groups is 5. The lowest BCUT2D eigenvalue weighted by atomic mass is 9.85. The van der Waals surface area contributed by atoms with Crippen LogP contribution >= 0.6 is 7.82 Å². The molecule has 0 bridgehead atoms. The van der Waals surface area contributed by atoms with E-state index < -0.39 is 75.7 Å². The van der Waals surface area contributed by atoms with E-state index in [9.17, 15) is 44.6 Å². The highest BCUT2D eigenvalue weighted by atomic mass is 31.2. The molecule has 6 N–H and O–H groups in total. The van der Waals surface area contributed by atoms with E-state index in [-0.39, 0.29) is 12.8 Å². The minimum Gasteiger partial charge on any atom is -0.462 e. The van der Waals surface area contributed by atoms with Gasteiger partial charge in [-0.05, 0) is 51.4 Å². The third-order valence-electron chi connectivity index (χ3n) is 10.9. The molecule has 6 unspecified atom stereocenters. The fourth-order valence-electron chi connectivity index (χ4n) is 6.98. The quantitative estimate of drug-likeness (QED) is 0.0147. The Bertz CT molecular complexity index is 1330. The second kappa shape index (κ2) is 38.8. The summed E-state index contributed by atoms with van der Waals surface area (Å²) >= 11 is 0. The van der Waals surface area contributed by atoms with Crippen molar-refractivity contribution in [3.8, 4) is 0 Å². The van der Waals surface area contributed by atoms with Gasteiger partial charge in [-0.2, -0.15) is 0 Å². The maximum atomic E-state index is 12.8. The highest BCUT2D eigenvalue weighted by molar-refractivity contribution is 7.47. The van der Waals surface area contributed by atoms with Crippen LogP contribution in [0.25, 0.3) is 0 Å². The van der Waals surface area contributed by atoms with Crippen LogP contribution in [0.3, 0.4) is 0 Å². The van der Waals surface area contributed by atoms with Crippen molar-refractivity contribution in [2.24, 2.45) is 0 Å². The van der Waals surface area contributed by atoms with Gasteiger partial charge in [-0.1, -0.05) is 177 Å². The summed E-state index contributed by atoms with van der Waals surface area (Å²) in [6.45, 7) is 3.22. The lowest BCUT2D eigenvalue weighted by Gasteiger charge is -2.41. The van der Waals surface area contributed by atoms with E-state index in [4.69, 9.17) is 18.5 Å². The van der Waals surface area contributed by atoms with Crippen molar-refractivity contribution in [3.63, 3.8) is 0 Å². The van der Waals surface area contributed by atoms with Crippen LogP contribution in [0.5, 0.6) is 0 Å². The Morgan fingerprint density at radius 1 is 0.492 bits per heavy atom. The van der Waals surface area contributed by atoms with E-state index in [2.05, 4.69) is 56.4 Å². The molecule has 14 heteroatoms. The van der Waals surface area contributed by atoms with E-state index in [0.29, 0.717) is 19.3 Å². The SMILES string of the molecule is CCCCCC=CCC=CCC=CCC=CCC=CCCC(=O)O[C@H](COC(=O)CCCCCCCCCCCCCCCCC)COP(=O)(O)OC1C(O)C(O)C(O)[C@@H](O)C1O. The average Bonchev–Trinajstić information content (AvgIpc) is 3.26. The normalized spacial score (nSPS) is 22.2. The van der Waals surface area contributed by atoms with Crippen LogP contribution in [-0.4, -0.2) is 98.3 Å². The Morgan fingerprint density at radius 3 is 1.37 bits per heavy atom. The van der Waals surface area contributed by atoms with Gasteiger partial charge < -0.3 is 39.9 Å². The molecule has 13 nitrogen and oxygen atoms in total. The molecule has 364 valence electrons. The number of hydrogen-bond acceptors (Lipinski definition) is 12. The first-order valence-electron chi connectivity index (χ1n) is 24.1. The van der Waals surface area contributed by atoms with Crippen LogP contribution in [-0.2, 0) is 32.7 Å². The summed E-state index contributed by atoms with van der Waals surface area (Å²) in [5, 5.41) is 50.2. The van der Waals surface area contributed by atoms with Gasteiger partial charge in [0.2, 0.25) is 0 Å². The van der Waals surface area contributed by atoms with Crippen molar-refractivity contribution >= 4 is 19.8 Å². The zero-order valence-corrected chi connectivity index (χ0v) is 39.5. The minimum atomic E-state index is -5.14. The average molecular weight is 913 g/mol. The molecule has 0 aromatic carbocycles. The lowest BCUT2D eigenvalue weighted by molar-refractivity contribution is -0.220. The van der Waals surface area contributed by atoms with Gasteiger partial charge in [0.05, 0.1) is 6.61 Å². The smallest absolute Gasteiger partial charge is 0.462 e. The summed E-state index contributed by atoms with van der Waals surface area (Å²) in [5.74, 6) is -1.19. The number of ether oxygens (including phenoxy) is 2. The molecule has 0 heterocycles. The molecule has 1 aliphatic carbocycles. The fourth-order valence-corrected chi connectivity index (χ4v) is 7.95. The first-order valence-corrected chi connectivity index (χ1v) is 25.6. The van der Waals surface area contributed by atoms with Gasteiger partial charge in [0.25, 0.3) is 0 Å². The van der Waals surface area contributed by atoms with E-state index in [1.54, 1.807) is 0 Å². The van der Waals surface area contributed by atoms with Crippen molar-refractivity contribution in [1.29, 1.82) is 0 Å². The number of esters is 2. The number of phosphoric acid groups is 1. The fraction of sp³-hybridized carbons (Fsp3) is 0.755. The third kappa shape index (κ3) is 31.2. The third-order valence-corrected chi connectivity index (χ3v) is 11.9. The van der Waals surface area contributed by atoms with Crippen LogP contribution in [0, 0.1) is 0 Å². The molecule has 1 fully saturated rings. The molecule has 0 aliphatic heterocycles. The zero-order chi connectivity index (χ0) is 46.4. The second-order valence-electron chi connectivity index (χ2n) is 16.6. The summed E-state index contributed by atoms with van der Waals surface area (Å²) in [6, 6.07) is 0. The van der Waals surface area contributed by atoms with Gasteiger partial charge in [0.15, 0.2) is 6.10 Å². The Kier molecular flexibility index (Phi) is 36.1. The van der Waals surface area contributed by atoms with Gasteiger partial charge in [-0.3, -0.25) is 18.6 Å². The van der Waals surface area contributed by atoms with E-state index in [1.165, 1.54) is 89.9 Å². The molecule has 63 heavy (non-hydrogen) atoms. The number of aliphatic hydroxyl groups excluding tert-OH is 5. The first kappa shape index (κ1) is 58.6. The number of phosphoric ester groups is 1. The van der Waals surface area contributed by atoms with Gasteiger partial charge in [-0.25, -0.2) is 4.57 Å². The molecule has 0 aromatic heterocycles. The highest BCUT2D eigenvalue weighted by Gasteiger charge is 2.51. The first-order chi connectivity index (χ1) is 30.4. The number of rotatable bonds is 39. The molecule has 0 amide bonds. The van der Waals surface area contributed by atoms with Gasteiger partial charge >= 0.3 is 19.8 Å². The van der Waals surface area contributed by atoms with Crippen molar-refractivity contribution in [2.75, 3.05) is 13.2 Å². The molecule has 8 atom stereocenters. The molecular weight excluding hydrogens is 828 g/mol. The van der Waals surface area contributed by atoms with Gasteiger partial charge in [0.1, 0.15) is 43.2 Å². The van der Waals surface area contributed by atoms with Crippen LogP contribution in [0.4, 0.5) is 0 Å². The van der Waals surface area contributed by atoms with Crippen molar-refractivity contribution in [3.05, 3.63) is 60.8 Å². The summed E-state index contributed by atoms with van der Waals surface area (Å²) < 4.78 is 33.5. The van der Waals surface area contributed by atoms with Gasteiger partial charge in [-0.15, -0.1) is 0 Å². The zero-order valence-electron chi connectivity index (χ0n) is 38.6. The van der Waals surface area contributed by atoms with Gasteiger partial charge in [0, 0.05) is 12.8 Å². The highest BCUT2D eigenvalue weighted by Crippen LogP contribution is 2.47. The van der Waals surface area contributed by atoms with Crippen LogP contribution in [0.2, 0.25) is 0 Å². The predicted molar refractivity (Wildman–Crippen MR) is 249 cm³/mol. The van der Waals surface area contributed by atoms with Crippen LogP contribution < -0.4 is 0 Å². The monoisotopic (exact) mass is 913 g/mol. The summed E-state index contributed by atoms with van der Waals surface area (Å²) in [4.78, 5) is 35.7. The summed E-state index contributed by atoms with van der Waals surface area (Å²) in [5.41, 5.74) is 0. The Labute approximate surface area is 379 Å². The molecular formula is C49H85O13P. The standard InChI is InChI=1S/C49H85O13P/c1-3-5-7-9-11-13-15-17-19-20-21-22-24-26-28-30-32-34-36-38-43(51)61-41(40-60-63(57,58)62-49-47(55)45(53)44(52)46(54)48(49)56)39-59-42(50)37-35-33-31-29-27-25-23-18-16-14-12-10-8-6-4-2/h11,13,17,19,21-22,26,28,32,34,41,44-49,52-56H,3-10,12,14-16,18,20,23-25,27,29-31,33,35-40H2,1-2H3,(H,57,58)/t41-,44?,45-,46?,47?,48?,49?/m1/s1. The van der Waals surface area contributed by atoms with Crippen molar-refractivity contribution in [1.82, 2.24) is 0 Å².